The summed E-state index contributed by atoms with van der Waals surface area (Å²) in [7, 11) is 0. The van der Waals surface area contributed by atoms with Crippen LogP contribution in [0.4, 0.5) is 13.2 Å². The van der Waals surface area contributed by atoms with E-state index in [4.69, 9.17) is 5.11 Å². The summed E-state index contributed by atoms with van der Waals surface area (Å²) in [5.74, 6) is -1.47. The maximum absolute atomic E-state index is 12.5. The number of rotatable bonds is 4. The number of pyridine rings is 1. The molecule has 0 fully saturated rings. The van der Waals surface area contributed by atoms with E-state index in [9.17, 15) is 18.0 Å². The zero-order valence-corrected chi connectivity index (χ0v) is 8.76. The van der Waals surface area contributed by atoms with Gasteiger partial charge < -0.3 is 5.11 Å². The first-order valence-corrected chi connectivity index (χ1v) is 5.13. The molecule has 3 nitrogen and oxygen atoms in total. The van der Waals surface area contributed by atoms with Crippen LogP contribution in [0.3, 0.4) is 0 Å². The lowest BCUT2D eigenvalue weighted by atomic mass is 10.3. The lowest BCUT2D eigenvalue weighted by Crippen LogP contribution is -2.28. The molecule has 0 aliphatic carbocycles. The molecule has 1 unspecified atom stereocenters. The van der Waals surface area contributed by atoms with E-state index in [-0.39, 0.29) is 0 Å². The Morgan fingerprint density at radius 3 is 2.44 bits per heavy atom. The Hall–Kier alpha value is -1.24. The molecule has 0 saturated heterocycles. The monoisotopic (exact) mass is 251 g/mol. The maximum atomic E-state index is 12.5. The highest BCUT2D eigenvalue weighted by atomic mass is 32.2. The molecule has 1 aromatic heterocycles. The van der Waals surface area contributed by atoms with Gasteiger partial charge in [-0.15, -0.1) is 11.8 Å². The SMILES string of the molecule is O=C(O)CC(Sc1ccncc1)C(F)(F)F. The first-order valence-electron chi connectivity index (χ1n) is 4.25. The largest absolute Gasteiger partial charge is 0.481 e. The van der Waals surface area contributed by atoms with Gasteiger partial charge in [-0.25, -0.2) is 0 Å². The van der Waals surface area contributed by atoms with Gasteiger partial charge in [0.1, 0.15) is 5.25 Å². The van der Waals surface area contributed by atoms with Gasteiger partial charge >= 0.3 is 12.1 Å². The van der Waals surface area contributed by atoms with Crippen molar-refractivity contribution >= 4 is 17.7 Å². The number of carboxylic acid groups (broad SMARTS) is 1. The average molecular weight is 251 g/mol. The molecule has 0 aliphatic heterocycles. The quantitative estimate of drug-likeness (QED) is 0.835. The van der Waals surface area contributed by atoms with Crippen molar-refractivity contribution in [2.75, 3.05) is 0 Å². The molecule has 88 valence electrons. The van der Waals surface area contributed by atoms with Crippen LogP contribution in [0, 0.1) is 0 Å². The second-order valence-electron chi connectivity index (χ2n) is 2.93. The van der Waals surface area contributed by atoms with Crippen molar-refractivity contribution in [2.24, 2.45) is 0 Å². The molecule has 0 saturated carbocycles. The summed E-state index contributed by atoms with van der Waals surface area (Å²) in [6.45, 7) is 0. The molecule has 0 bridgehead atoms. The third-order valence-electron chi connectivity index (χ3n) is 1.65. The molecule has 16 heavy (non-hydrogen) atoms. The molecule has 0 amide bonds. The normalized spacial score (nSPS) is 13.4. The van der Waals surface area contributed by atoms with Gasteiger partial charge in [-0.2, -0.15) is 13.2 Å². The zero-order valence-electron chi connectivity index (χ0n) is 7.94. The van der Waals surface area contributed by atoms with Gasteiger partial charge in [0.2, 0.25) is 0 Å². The van der Waals surface area contributed by atoms with E-state index in [2.05, 4.69) is 4.98 Å². The van der Waals surface area contributed by atoms with E-state index in [0.29, 0.717) is 16.7 Å². The van der Waals surface area contributed by atoms with Gasteiger partial charge in [0, 0.05) is 17.3 Å². The van der Waals surface area contributed by atoms with Crippen LogP contribution in [0.25, 0.3) is 0 Å². The van der Waals surface area contributed by atoms with Crippen molar-refractivity contribution < 1.29 is 23.1 Å². The number of nitrogens with zero attached hydrogens (tertiary/aromatic N) is 1. The molecular weight excluding hydrogens is 243 g/mol. The van der Waals surface area contributed by atoms with Gasteiger partial charge in [0.05, 0.1) is 6.42 Å². The fourth-order valence-corrected chi connectivity index (χ4v) is 1.93. The summed E-state index contributed by atoms with van der Waals surface area (Å²) in [6, 6.07) is 2.82. The smallest absolute Gasteiger partial charge is 0.401 e. The van der Waals surface area contributed by atoms with Crippen LogP contribution in [0.15, 0.2) is 29.4 Å². The minimum Gasteiger partial charge on any atom is -0.481 e. The lowest BCUT2D eigenvalue weighted by molar-refractivity contribution is -0.149. The van der Waals surface area contributed by atoms with Crippen LogP contribution in [0.1, 0.15) is 6.42 Å². The molecule has 1 aromatic rings. The third kappa shape index (κ3) is 4.09. The van der Waals surface area contributed by atoms with Crippen molar-refractivity contribution in [3.8, 4) is 0 Å². The van der Waals surface area contributed by atoms with E-state index >= 15 is 0 Å². The predicted molar refractivity (Wildman–Crippen MR) is 52.2 cm³/mol. The fraction of sp³-hybridized carbons (Fsp3) is 0.333. The van der Waals surface area contributed by atoms with Crippen LogP contribution in [-0.2, 0) is 4.79 Å². The Morgan fingerprint density at radius 2 is 2.00 bits per heavy atom. The van der Waals surface area contributed by atoms with E-state index in [0.717, 1.165) is 0 Å². The van der Waals surface area contributed by atoms with Crippen molar-refractivity contribution in [1.82, 2.24) is 4.98 Å². The Morgan fingerprint density at radius 1 is 1.44 bits per heavy atom. The Balaban J connectivity index is 2.75. The minimum absolute atomic E-state index is 0.346. The number of hydrogen-bond acceptors (Lipinski definition) is 3. The number of aliphatic carboxylic acids is 1. The van der Waals surface area contributed by atoms with Crippen molar-refractivity contribution in [2.45, 2.75) is 22.7 Å². The van der Waals surface area contributed by atoms with Crippen LogP contribution >= 0.6 is 11.8 Å². The van der Waals surface area contributed by atoms with Crippen LogP contribution in [-0.4, -0.2) is 27.5 Å². The van der Waals surface area contributed by atoms with Gasteiger partial charge in [-0.3, -0.25) is 9.78 Å². The Kier molecular flexibility index (Phi) is 4.17. The summed E-state index contributed by atoms with van der Waals surface area (Å²) in [4.78, 5) is 14.3. The maximum Gasteiger partial charge on any atom is 0.401 e. The molecule has 7 heteroatoms. The first kappa shape index (κ1) is 12.8. The highest BCUT2D eigenvalue weighted by Gasteiger charge is 2.41. The molecule has 0 aromatic carbocycles. The highest BCUT2D eigenvalue weighted by Crippen LogP contribution is 2.36. The van der Waals surface area contributed by atoms with Gasteiger partial charge in [-0.1, -0.05) is 0 Å². The molecule has 0 aliphatic rings. The molecular formula is C9H8F3NO2S. The Labute approximate surface area is 93.7 Å². The highest BCUT2D eigenvalue weighted by molar-refractivity contribution is 8.00. The lowest BCUT2D eigenvalue weighted by Gasteiger charge is -2.17. The number of halogens is 3. The van der Waals surface area contributed by atoms with Gasteiger partial charge in [0.25, 0.3) is 0 Å². The van der Waals surface area contributed by atoms with E-state index in [1.54, 1.807) is 0 Å². The number of carboxylic acids is 1. The van der Waals surface area contributed by atoms with Gasteiger partial charge in [0.15, 0.2) is 0 Å². The summed E-state index contributed by atoms with van der Waals surface area (Å²) >= 11 is 0.478. The summed E-state index contributed by atoms with van der Waals surface area (Å²) < 4.78 is 37.4. The van der Waals surface area contributed by atoms with E-state index in [1.807, 2.05) is 0 Å². The van der Waals surface area contributed by atoms with Crippen LogP contribution < -0.4 is 0 Å². The predicted octanol–water partition coefficient (Wildman–Crippen LogP) is 2.58. The second-order valence-corrected chi connectivity index (χ2v) is 4.21. The molecule has 1 heterocycles. The summed E-state index contributed by atoms with van der Waals surface area (Å²) in [5, 5.41) is 6.46. The second kappa shape index (κ2) is 5.20. The van der Waals surface area contributed by atoms with Crippen LogP contribution in [0.2, 0.25) is 0 Å². The summed E-state index contributed by atoms with van der Waals surface area (Å²) in [6.07, 6.45) is -2.77. The topological polar surface area (TPSA) is 50.2 Å². The molecule has 0 radical (unpaired) electrons. The average Bonchev–Trinajstić information content (AvgIpc) is 2.16. The molecule has 1 N–H and O–H groups in total. The number of thioether (sulfide) groups is 1. The molecule has 1 atom stereocenters. The van der Waals surface area contributed by atoms with Crippen molar-refractivity contribution in [3.63, 3.8) is 0 Å². The van der Waals surface area contributed by atoms with Gasteiger partial charge in [-0.05, 0) is 12.1 Å². The molecule has 0 spiro atoms. The zero-order chi connectivity index (χ0) is 12.2. The number of aromatic nitrogens is 1. The van der Waals surface area contributed by atoms with Crippen molar-refractivity contribution in [3.05, 3.63) is 24.5 Å². The van der Waals surface area contributed by atoms with E-state index in [1.165, 1.54) is 24.5 Å². The number of alkyl halides is 3. The van der Waals surface area contributed by atoms with Crippen LogP contribution in [0.5, 0.6) is 0 Å². The fourth-order valence-electron chi connectivity index (χ4n) is 0.964. The Bertz CT molecular complexity index is 356. The third-order valence-corrected chi connectivity index (χ3v) is 2.92. The van der Waals surface area contributed by atoms with Crippen molar-refractivity contribution in [1.29, 1.82) is 0 Å². The first-order chi connectivity index (χ1) is 7.39. The minimum atomic E-state index is -4.54. The standard InChI is InChI=1S/C9H8F3NO2S/c10-9(11,12)7(5-8(14)15)16-6-1-3-13-4-2-6/h1-4,7H,5H2,(H,14,15). The number of carbonyl (C=O) groups is 1. The summed E-state index contributed by atoms with van der Waals surface area (Å²) in [5.41, 5.74) is 0. The number of hydrogen-bond donors (Lipinski definition) is 1. The van der Waals surface area contributed by atoms with E-state index < -0.39 is 23.8 Å². The molecule has 1 rings (SSSR count).